The summed E-state index contributed by atoms with van der Waals surface area (Å²) >= 11 is 6.40. The molecule has 2 atom stereocenters. The summed E-state index contributed by atoms with van der Waals surface area (Å²) in [5, 5.41) is 8.02. The number of aromatic amines is 1. The molecule has 46 heavy (non-hydrogen) atoms. The van der Waals surface area contributed by atoms with Gasteiger partial charge >= 0.3 is 0 Å². The molecule has 2 aliphatic rings. The highest BCUT2D eigenvalue weighted by atomic mass is 35.5. The smallest absolute Gasteiger partial charge is 0.251 e. The number of carbonyl (C=O) groups is 3. The second-order valence-corrected chi connectivity index (χ2v) is 13.5. The highest BCUT2D eigenvalue weighted by Gasteiger charge is 2.36. The number of aromatic nitrogens is 1. The quantitative estimate of drug-likeness (QED) is 0.222. The predicted octanol–water partition coefficient (Wildman–Crippen LogP) is 5.60. The molecule has 1 aliphatic heterocycles. The minimum Gasteiger partial charge on any atom is -0.361 e. The maximum absolute atomic E-state index is 14.6. The van der Waals surface area contributed by atoms with E-state index in [0.717, 1.165) is 40.7 Å². The van der Waals surface area contributed by atoms with Crippen molar-refractivity contribution in [3.63, 3.8) is 0 Å². The molecule has 8 nitrogen and oxygen atoms in total. The van der Waals surface area contributed by atoms with E-state index in [4.69, 9.17) is 11.6 Å². The number of fused-ring (bicyclic) bond motifs is 2. The molecule has 0 saturated heterocycles. The Morgan fingerprint density at radius 1 is 0.978 bits per heavy atom. The van der Waals surface area contributed by atoms with E-state index in [2.05, 4.69) is 20.5 Å². The van der Waals surface area contributed by atoms with Gasteiger partial charge in [-0.15, -0.1) is 0 Å². The highest BCUT2D eigenvalue weighted by molar-refractivity contribution is 6.30. The number of anilines is 1. The van der Waals surface area contributed by atoms with Crippen molar-refractivity contribution in [2.24, 2.45) is 11.8 Å². The highest BCUT2D eigenvalue weighted by Crippen LogP contribution is 2.33. The molecule has 3 amide bonds. The zero-order valence-electron chi connectivity index (χ0n) is 26.5. The molecule has 3 aromatic carbocycles. The number of hydrogen-bond donors (Lipinski definition) is 3. The van der Waals surface area contributed by atoms with E-state index in [1.165, 1.54) is 0 Å². The van der Waals surface area contributed by atoms with Crippen molar-refractivity contribution < 1.29 is 14.4 Å². The van der Waals surface area contributed by atoms with Crippen LogP contribution in [0.3, 0.4) is 0 Å². The number of benzene rings is 3. The van der Waals surface area contributed by atoms with E-state index in [0.29, 0.717) is 49.2 Å². The van der Waals surface area contributed by atoms with Crippen LogP contribution < -0.4 is 15.5 Å². The molecule has 1 fully saturated rings. The third kappa shape index (κ3) is 7.29. The summed E-state index contributed by atoms with van der Waals surface area (Å²) in [7, 11) is 4.09. The zero-order chi connectivity index (χ0) is 32.2. The van der Waals surface area contributed by atoms with Crippen molar-refractivity contribution >= 4 is 45.9 Å². The number of carbonyl (C=O) groups excluding carboxylic acids is 3. The van der Waals surface area contributed by atoms with Crippen molar-refractivity contribution in [3.05, 3.63) is 101 Å². The van der Waals surface area contributed by atoms with E-state index < -0.39 is 6.04 Å². The van der Waals surface area contributed by atoms with Gasteiger partial charge in [-0.1, -0.05) is 48.0 Å². The number of H-pyrrole nitrogens is 1. The summed E-state index contributed by atoms with van der Waals surface area (Å²) in [5.74, 6) is -0.306. The lowest BCUT2D eigenvalue weighted by molar-refractivity contribution is -0.130. The van der Waals surface area contributed by atoms with Gasteiger partial charge in [0.2, 0.25) is 11.8 Å². The monoisotopic (exact) mass is 639 g/mol. The molecular formula is C37H42ClN5O3. The van der Waals surface area contributed by atoms with Crippen LogP contribution in [-0.2, 0) is 22.4 Å². The van der Waals surface area contributed by atoms with Crippen molar-refractivity contribution in [3.8, 4) is 0 Å². The number of para-hydroxylation sites is 1. The van der Waals surface area contributed by atoms with Crippen LogP contribution >= 0.6 is 11.6 Å². The lowest BCUT2D eigenvalue weighted by Gasteiger charge is -2.38. The SMILES string of the molecule is CN(C)C[C@H]1Cc2cc(Cl)ccc2N(C(=O)[C@@H](Cc2c[nH]c3ccccc23)NC(=O)[C@H]2CC[C@@H](NC(=O)c3ccccc3)CC2)C1. The number of halogens is 1. The fourth-order valence-corrected chi connectivity index (χ4v) is 7.31. The van der Waals surface area contributed by atoms with Crippen LogP contribution in [-0.4, -0.2) is 66.9 Å². The Kier molecular flexibility index (Phi) is 9.75. The summed E-state index contributed by atoms with van der Waals surface area (Å²) in [6, 6.07) is 22.2. The summed E-state index contributed by atoms with van der Waals surface area (Å²) in [4.78, 5) is 48.4. The number of nitrogens with one attached hydrogen (secondary N) is 3. The molecule has 6 rings (SSSR count). The van der Waals surface area contributed by atoms with Crippen molar-refractivity contribution in [1.82, 2.24) is 20.5 Å². The van der Waals surface area contributed by atoms with Gasteiger partial charge < -0.3 is 25.4 Å². The van der Waals surface area contributed by atoms with Gasteiger partial charge in [0, 0.05) is 64.8 Å². The molecule has 0 unspecified atom stereocenters. The first-order chi connectivity index (χ1) is 22.2. The second kappa shape index (κ2) is 14.1. The molecule has 1 saturated carbocycles. The Bertz CT molecular complexity index is 1700. The van der Waals surface area contributed by atoms with Gasteiger partial charge in [0.1, 0.15) is 6.04 Å². The van der Waals surface area contributed by atoms with E-state index >= 15 is 0 Å². The fourth-order valence-electron chi connectivity index (χ4n) is 7.12. The minimum absolute atomic E-state index is 0.0192. The van der Waals surface area contributed by atoms with Crippen LogP contribution in [0.1, 0.15) is 47.2 Å². The first-order valence-electron chi connectivity index (χ1n) is 16.2. The zero-order valence-corrected chi connectivity index (χ0v) is 27.2. The van der Waals surface area contributed by atoms with Crippen LogP contribution in [0.25, 0.3) is 10.9 Å². The second-order valence-electron chi connectivity index (χ2n) is 13.1. The topological polar surface area (TPSA) is 97.5 Å². The molecule has 0 bridgehead atoms. The van der Waals surface area contributed by atoms with Crippen LogP contribution in [0.4, 0.5) is 5.69 Å². The Labute approximate surface area is 275 Å². The Morgan fingerprint density at radius 2 is 1.72 bits per heavy atom. The van der Waals surface area contributed by atoms with Gasteiger partial charge in [0.25, 0.3) is 5.91 Å². The molecular weight excluding hydrogens is 598 g/mol. The van der Waals surface area contributed by atoms with Gasteiger partial charge in [-0.3, -0.25) is 14.4 Å². The van der Waals surface area contributed by atoms with Crippen LogP contribution in [0.15, 0.2) is 79.0 Å². The fraction of sp³-hybridized carbons (Fsp3) is 0.378. The average molecular weight is 640 g/mol. The van der Waals surface area contributed by atoms with E-state index in [9.17, 15) is 14.4 Å². The van der Waals surface area contributed by atoms with Gasteiger partial charge in [-0.25, -0.2) is 0 Å². The molecule has 4 aromatic rings. The van der Waals surface area contributed by atoms with Gasteiger partial charge in [-0.05, 0) is 99.6 Å². The summed E-state index contributed by atoms with van der Waals surface area (Å²) in [6.07, 6.45) is 5.87. The predicted molar refractivity (Wildman–Crippen MR) is 183 cm³/mol. The minimum atomic E-state index is -0.746. The largest absolute Gasteiger partial charge is 0.361 e. The number of nitrogens with zero attached hydrogens (tertiary/aromatic N) is 2. The molecule has 9 heteroatoms. The maximum atomic E-state index is 14.6. The summed E-state index contributed by atoms with van der Waals surface area (Å²) in [5.41, 5.74) is 4.52. The van der Waals surface area contributed by atoms with Crippen molar-refractivity contribution in [2.75, 3.05) is 32.1 Å². The summed E-state index contributed by atoms with van der Waals surface area (Å²) in [6.45, 7) is 1.40. The normalized spacial score (nSPS) is 20.3. The standard InChI is InChI=1S/C37H42ClN5O3/c1-42(2)22-24-18-27-19-29(38)14-17-34(27)43(23-24)37(46)33(20-28-21-39-32-11-7-6-10-31(28)32)41-36(45)26-12-15-30(16-13-26)40-35(44)25-8-4-3-5-9-25/h3-11,14,17,19,21,24,26,30,33,39H,12-13,15-16,18,20,22-23H2,1-2H3,(H,40,44)(H,41,45)/t24-,26-,30+,33-/m1/s1. The average Bonchev–Trinajstić information content (AvgIpc) is 3.46. The Hall–Kier alpha value is -4.14. The van der Waals surface area contributed by atoms with Gasteiger partial charge in [-0.2, -0.15) is 0 Å². The van der Waals surface area contributed by atoms with Crippen molar-refractivity contribution in [2.45, 2.75) is 50.6 Å². The molecule has 0 radical (unpaired) electrons. The van der Waals surface area contributed by atoms with E-state index in [1.807, 2.05) is 85.9 Å². The van der Waals surface area contributed by atoms with Crippen LogP contribution in [0.2, 0.25) is 5.02 Å². The molecule has 3 N–H and O–H groups in total. The molecule has 0 spiro atoms. The number of amides is 3. The van der Waals surface area contributed by atoms with Crippen molar-refractivity contribution in [1.29, 1.82) is 0 Å². The maximum Gasteiger partial charge on any atom is 0.251 e. The van der Waals surface area contributed by atoms with E-state index in [-0.39, 0.29) is 35.6 Å². The first kappa shape index (κ1) is 31.8. The third-order valence-electron chi connectivity index (χ3n) is 9.35. The molecule has 2 heterocycles. The van der Waals surface area contributed by atoms with Gasteiger partial charge in [0.05, 0.1) is 0 Å². The molecule has 1 aliphatic carbocycles. The number of rotatable bonds is 9. The number of hydrogen-bond acceptors (Lipinski definition) is 4. The summed E-state index contributed by atoms with van der Waals surface area (Å²) < 4.78 is 0. The lowest BCUT2D eigenvalue weighted by atomic mass is 9.85. The Balaban J connectivity index is 1.20. The van der Waals surface area contributed by atoms with Crippen LogP contribution in [0, 0.1) is 11.8 Å². The lowest BCUT2D eigenvalue weighted by Crippen LogP contribution is -2.54. The molecule has 240 valence electrons. The van der Waals surface area contributed by atoms with Crippen LogP contribution in [0.5, 0.6) is 0 Å². The third-order valence-corrected chi connectivity index (χ3v) is 9.59. The van der Waals surface area contributed by atoms with Gasteiger partial charge in [0.15, 0.2) is 0 Å². The first-order valence-corrected chi connectivity index (χ1v) is 16.6. The molecule has 1 aromatic heterocycles. The Morgan fingerprint density at radius 3 is 2.48 bits per heavy atom. The van der Waals surface area contributed by atoms with E-state index in [1.54, 1.807) is 12.1 Å².